The lowest BCUT2D eigenvalue weighted by Crippen LogP contribution is -2.56. The van der Waals surface area contributed by atoms with Crippen molar-refractivity contribution < 1.29 is 29.0 Å². The van der Waals surface area contributed by atoms with Crippen LogP contribution in [0.4, 0.5) is 11.4 Å². The van der Waals surface area contributed by atoms with Gasteiger partial charge in [-0.05, 0) is 64.3 Å². The van der Waals surface area contributed by atoms with E-state index in [2.05, 4.69) is 24.1 Å². The first-order chi connectivity index (χ1) is 16.9. The van der Waals surface area contributed by atoms with Crippen LogP contribution in [0.15, 0.2) is 24.3 Å². The lowest BCUT2D eigenvalue weighted by Gasteiger charge is -2.36. The second-order valence-electron chi connectivity index (χ2n) is 9.51. The molecule has 0 saturated carbocycles. The van der Waals surface area contributed by atoms with Gasteiger partial charge in [0.1, 0.15) is 11.6 Å². The van der Waals surface area contributed by atoms with Crippen LogP contribution in [-0.4, -0.2) is 77.9 Å². The third-order valence-electron chi connectivity index (χ3n) is 7.88. The molecule has 1 aromatic rings. The van der Waals surface area contributed by atoms with Crippen molar-refractivity contribution in [3.8, 4) is 0 Å². The normalized spacial score (nSPS) is 29.7. The van der Waals surface area contributed by atoms with E-state index in [0.717, 1.165) is 18.8 Å². The number of anilines is 2. The van der Waals surface area contributed by atoms with E-state index in [1.807, 2.05) is 31.2 Å². The van der Waals surface area contributed by atoms with Crippen LogP contribution in [0.5, 0.6) is 0 Å². The van der Waals surface area contributed by atoms with Gasteiger partial charge in [0, 0.05) is 24.5 Å². The molecule has 2 bridgehead atoms. The highest BCUT2D eigenvalue weighted by atomic mass is 16.6. The topological polar surface area (TPSA) is 108 Å². The Hall–Kier alpha value is -2.65. The molecule has 3 fully saturated rings. The minimum atomic E-state index is -1.10. The summed E-state index contributed by atoms with van der Waals surface area (Å²) in [7, 11) is 0. The monoisotopic (exact) mass is 487 g/mol. The van der Waals surface area contributed by atoms with E-state index in [9.17, 15) is 19.5 Å². The van der Waals surface area contributed by atoms with Crippen LogP contribution < -0.4 is 10.2 Å². The number of aliphatic hydroxyl groups excluding tert-OH is 1. The number of rotatable bonds is 10. The number of hydrogen-bond donors (Lipinski definition) is 2. The summed E-state index contributed by atoms with van der Waals surface area (Å²) in [5.41, 5.74) is 0.572. The van der Waals surface area contributed by atoms with E-state index in [-0.39, 0.29) is 25.0 Å². The second-order valence-corrected chi connectivity index (χ2v) is 9.51. The van der Waals surface area contributed by atoms with Crippen LogP contribution >= 0.6 is 0 Å². The standard InChI is InChI=1S/C26H37N3O6/c1-5-17(15-30)29-22(23(31)27-16-9-11-18(12-10-16)28(6-2)7-3)26-14-13-19(35-26)20(21(26)24(29)32)25(33)34-8-4/h9-12,17,19-22,30H,5-8,13-15H2,1-4H3,(H,27,31)/t17-,19+,20-,21-,22?,26?/m0/s1. The molecular formula is C26H37N3O6. The molecule has 9 nitrogen and oxygen atoms in total. The van der Waals surface area contributed by atoms with E-state index >= 15 is 0 Å². The minimum Gasteiger partial charge on any atom is -0.466 e. The van der Waals surface area contributed by atoms with Gasteiger partial charge in [0.2, 0.25) is 11.8 Å². The molecule has 0 aromatic heterocycles. The number of ether oxygens (including phenoxy) is 2. The molecule has 9 heteroatoms. The smallest absolute Gasteiger partial charge is 0.312 e. The van der Waals surface area contributed by atoms with Crippen molar-refractivity contribution in [1.29, 1.82) is 0 Å². The molecule has 3 saturated heterocycles. The number of hydrogen-bond acceptors (Lipinski definition) is 7. The number of likely N-dealkylation sites (tertiary alicyclic amines) is 1. The predicted molar refractivity (Wildman–Crippen MR) is 131 cm³/mol. The Morgan fingerprint density at radius 1 is 1.23 bits per heavy atom. The predicted octanol–water partition coefficient (Wildman–Crippen LogP) is 2.18. The van der Waals surface area contributed by atoms with Crippen LogP contribution in [0.25, 0.3) is 0 Å². The Morgan fingerprint density at radius 2 is 1.91 bits per heavy atom. The zero-order valence-corrected chi connectivity index (χ0v) is 21.0. The van der Waals surface area contributed by atoms with E-state index < -0.39 is 41.6 Å². The Bertz CT molecular complexity index is 945. The first-order valence-corrected chi connectivity index (χ1v) is 12.8. The average molecular weight is 488 g/mol. The van der Waals surface area contributed by atoms with Gasteiger partial charge in [-0.2, -0.15) is 0 Å². The van der Waals surface area contributed by atoms with Crippen molar-refractivity contribution in [2.24, 2.45) is 11.8 Å². The van der Waals surface area contributed by atoms with Crippen LogP contribution in [0.2, 0.25) is 0 Å². The zero-order chi connectivity index (χ0) is 25.3. The second kappa shape index (κ2) is 10.1. The number of benzene rings is 1. The van der Waals surface area contributed by atoms with Crippen molar-refractivity contribution in [2.75, 3.05) is 36.5 Å². The summed E-state index contributed by atoms with van der Waals surface area (Å²) < 4.78 is 11.6. The number of nitrogens with zero attached hydrogens (tertiary/aromatic N) is 2. The molecular weight excluding hydrogens is 450 g/mol. The zero-order valence-electron chi connectivity index (χ0n) is 21.0. The maximum Gasteiger partial charge on any atom is 0.312 e. The van der Waals surface area contributed by atoms with Gasteiger partial charge in [0.05, 0.1) is 37.2 Å². The summed E-state index contributed by atoms with van der Waals surface area (Å²) in [5, 5.41) is 13.0. The lowest BCUT2D eigenvalue weighted by molar-refractivity contribution is -0.155. The first-order valence-electron chi connectivity index (χ1n) is 12.8. The third kappa shape index (κ3) is 4.08. The maximum atomic E-state index is 13.8. The number of nitrogens with one attached hydrogen (secondary N) is 1. The van der Waals surface area contributed by atoms with Gasteiger partial charge in [-0.15, -0.1) is 0 Å². The van der Waals surface area contributed by atoms with Gasteiger partial charge in [0.25, 0.3) is 0 Å². The van der Waals surface area contributed by atoms with E-state index in [0.29, 0.717) is 24.9 Å². The quantitative estimate of drug-likeness (QED) is 0.487. The van der Waals surface area contributed by atoms with Crippen molar-refractivity contribution in [3.05, 3.63) is 24.3 Å². The molecule has 4 rings (SSSR count). The molecule has 3 heterocycles. The first kappa shape index (κ1) is 25.4. The molecule has 3 aliphatic heterocycles. The van der Waals surface area contributed by atoms with Crippen molar-refractivity contribution in [1.82, 2.24) is 4.90 Å². The summed E-state index contributed by atoms with van der Waals surface area (Å²) >= 11 is 0. The molecule has 3 aliphatic rings. The molecule has 1 spiro atoms. The number of carbonyl (C=O) groups is 3. The third-order valence-corrected chi connectivity index (χ3v) is 7.88. The van der Waals surface area contributed by atoms with Gasteiger partial charge >= 0.3 is 5.97 Å². The number of amides is 2. The molecule has 6 atom stereocenters. The number of aliphatic hydroxyl groups is 1. The highest BCUT2D eigenvalue weighted by molar-refractivity contribution is 6.03. The molecule has 1 aromatic carbocycles. The minimum absolute atomic E-state index is 0.210. The Morgan fingerprint density at radius 3 is 2.49 bits per heavy atom. The number of carbonyl (C=O) groups excluding carboxylic acids is 3. The van der Waals surface area contributed by atoms with Gasteiger partial charge in [0.15, 0.2) is 0 Å². The van der Waals surface area contributed by atoms with Gasteiger partial charge in [-0.25, -0.2) is 0 Å². The Balaban J connectivity index is 1.65. The average Bonchev–Trinajstić information content (AvgIpc) is 3.50. The van der Waals surface area contributed by atoms with Crippen LogP contribution in [0, 0.1) is 11.8 Å². The van der Waals surface area contributed by atoms with E-state index in [1.165, 1.54) is 4.90 Å². The molecule has 2 amide bonds. The van der Waals surface area contributed by atoms with Crippen LogP contribution in [0.3, 0.4) is 0 Å². The molecule has 2 unspecified atom stereocenters. The van der Waals surface area contributed by atoms with Crippen LogP contribution in [0.1, 0.15) is 47.0 Å². The van der Waals surface area contributed by atoms with Crippen molar-refractivity contribution in [2.45, 2.75) is 70.7 Å². The number of esters is 1. The SMILES string of the molecule is CCOC(=O)[C@@H]1[C@H]2C(=O)N([C@@H](CC)CO)C(C(=O)Nc3ccc(N(CC)CC)cc3)C23CC[C@H]1O3. The highest BCUT2D eigenvalue weighted by Gasteiger charge is 2.75. The fourth-order valence-electron chi connectivity index (χ4n) is 6.26. The van der Waals surface area contributed by atoms with Crippen molar-refractivity contribution >= 4 is 29.2 Å². The van der Waals surface area contributed by atoms with E-state index in [1.54, 1.807) is 6.92 Å². The maximum absolute atomic E-state index is 13.8. The molecule has 35 heavy (non-hydrogen) atoms. The summed E-state index contributed by atoms with van der Waals surface area (Å²) in [6.45, 7) is 9.46. The summed E-state index contributed by atoms with van der Waals surface area (Å²) in [6.07, 6.45) is 1.12. The molecule has 2 N–H and O–H groups in total. The van der Waals surface area contributed by atoms with Gasteiger partial charge in [-0.3, -0.25) is 14.4 Å². The van der Waals surface area contributed by atoms with E-state index in [4.69, 9.17) is 9.47 Å². The fraction of sp³-hybridized carbons (Fsp3) is 0.654. The Kier molecular flexibility index (Phi) is 7.38. The summed E-state index contributed by atoms with van der Waals surface area (Å²) in [5.74, 6) is -2.66. The number of fused-ring (bicyclic) bond motifs is 1. The molecule has 0 radical (unpaired) electrons. The highest BCUT2D eigenvalue weighted by Crippen LogP contribution is 2.59. The van der Waals surface area contributed by atoms with Crippen LogP contribution in [-0.2, 0) is 23.9 Å². The van der Waals surface area contributed by atoms with Crippen molar-refractivity contribution in [3.63, 3.8) is 0 Å². The Labute approximate surface area is 206 Å². The summed E-state index contributed by atoms with van der Waals surface area (Å²) in [6, 6.07) is 6.12. The molecule has 0 aliphatic carbocycles. The fourth-order valence-corrected chi connectivity index (χ4v) is 6.26. The van der Waals surface area contributed by atoms with Gasteiger partial charge < -0.3 is 29.7 Å². The largest absolute Gasteiger partial charge is 0.466 e. The molecule has 192 valence electrons. The summed E-state index contributed by atoms with van der Waals surface area (Å²) in [4.78, 5) is 44.0. The van der Waals surface area contributed by atoms with Gasteiger partial charge in [-0.1, -0.05) is 6.92 Å². The lowest BCUT2D eigenvalue weighted by atomic mass is 9.70.